The van der Waals surface area contributed by atoms with Gasteiger partial charge in [-0.3, -0.25) is 0 Å². The van der Waals surface area contributed by atoms with Gasteiger partial charge in [0.2, 0.25) is 0 Å². The summed E-state index contributed by atoms with van der Waals surface area (Å²) in [7, 11) is 0. The van der Waals surface area contributed by atoms with Crippen molar-refractivity contribution >= 4 is 11.8 Å². The van der Waals surface area contributed by atoms with Crippen LogP contribution in [0.3, 0.4) is 0 Å². The summed E-state index contributed by atoms with van der Waals surface area (Å²) >= 11 is 0. The van der Waals surface area contributed by atoms with Crippen molar-refractivity contribution in [2.75, 3.05) is 0 Å². The molecule has 0 spiro atoms. The van der Waals surface area contributed by atoms with Crippen molar-refractivity contribution in [3.63, 3.8) is 0 Å². The van der Waals surface area contributed by atoms with Gasteiger partial charge in [0.05, 0.1) is 5.56 Å². The van der Waals surface area contributed by atoms with Crippen molar-refractivity contribution in [2.24, 2.45) is 5.41 Å². The second-order valence-electron chi connectivity index (χ2n) is 7.26. The summed E-state index contributed by atoms with van der Waals surface area (Å²) in [6.07, 6.45) is 6.87. The van der Waals surface area contributed by atoms with E-state index < -0.39 is 17.6 Å². The number of rotatable bonds is 4. The van der Waals surface area contributed by atoms with Crippen molar-refractivity contribution in [3.8, 4) is 0 Å². The van der Waals surface area contributed by atoms with Gasteiger partial charge < -0.3 is 5.11 Å². The molecule has 0 aromatic heterocycles. The van der Waals surface area contributed by atoms with Crippen molar-refractivity contribution in [2.45, 2.75) is 47.0 Å². The van der Waals surface area contributed by atoms with E-state index in [1.807, 2.05) is 6.08 Å². The van der Waals surface area contributed by atoms with E-state index in [2.05, 4.69) is 20.8 Å². The van der Waals surface area contributed by atoms with Gasteiger partial charge >= 0.3 is 5.97 Å². The number of benzene rings is 1. The molecule has 0 radical (unpaired) electrons. The van der Waals surface area contributed by atoms with Crippen LogP contribution in [-0.2, 0) is 0 Å². The average Bonchev–Trinajstić information content (AvgIpc) is 2.52. The highest BCUT2D eigenvalue weighted by Gasteiger charge is 2.26. The minimum atomic E-state index is -1.24. The lowest BCUT2D eigenvalue weighted by Gasteiger charge is -2.33. The molecule has 0 aliphatic heterocycles. The smallest absolute Gasteiger partial charge is 0.335 e. The Kier molecular flexibility index (Phi) is 5.61. The Hall–Kier alpha value is -2.23. The largest absolute Gasteiger partial charge is 0.478 e. The second-order valence-corrected chi connectivity index (χ2v) is 7.26. The van der Waals surface area contributed by atoms with E-state index in [4.69, 9.17) is 5.11 Å². The van der Waals surface area contributed by atoms with Crippen LogP contribution in [0.1, 0.15) is 62.9 Å². The maximum absolute atomic E-state index is 14.6. The first-order valence-electron chi connectivity index (χ1n) is 8.41. The Bertz CT molecular complexity index is 783. The molecule has 2 rings (SSSR count). The Balaban J connectivity index is 2.35. The van der Waals surface area contributed by atoms with Gasteiger partial charge in [0.1, 0.15) is 11.6 Å². The third-order valence-corrected chi connectivity index (χ3v) is 4.84. The van der Waals surface area contributed by atoms with Crippen LogP contribution in [-0.4, -0.2) is 11.1 Å². The fourth-order valence-electron chi connectivity index (χ4n) is 3.33. The molecule has 0 saturated heterocycles. The molecule has 0 unspecified atom stereocenters. The van der Waals surface area contributed by atoms with Gasteiger partial charge in [-0.1, -0.05) is 31.6 Å². The normalized spacial score (nSPS) is 18.5. The van der Waals surface area contributed by atoms with Crippen LogP contribution in [0.2, 0.25) is 0 Å². The van der Waals surface area contributed by atoms with Crippen LogP contribution in [0.15, 0.2) is 47.1 Å². The highest BCUT2D eigenvalue weighted by atomic mass is 19.1. The predicted octanol–water partition coefficient (Wildman–Crippen LogP) is 6.31. The van der Waals surface area contributed by atoms with E-state index >= 15 is 0 Å². The zero-order valence-corrected chi connectivity index (χ0v) is 15.1. The minimum absolute atomic E-state index is 0.0456. The molecular formula is C21H24F2O2. The lowest BCUT2D eigenvalue weighted by molar-refractivity contribution is 0.0696. The molecule has 134 valence electrons. The number of hydrogen-bond donors (Lipinski definition) is 1. The molecule has 25 heavy (non-hydrogen) atoms. The molecule has 0 heterocycles. The van der Waals surface area contributed by atoms with E-state index in [0.717, 1.165) is 25.3 Å². The van der Waals surface area contributed by atoms with Gasteiger partial charge in [0, 0.05) is 5.56 Å². The first kappa shape index (κ1) is 19.1. The van der Waals surface area contributed by atoms with Crippen LogP contribution in [0.5, 0.6) is 0 Å². The van der Waals surface area contributed by atoms with Crippen LogP contribution in [0, 0.1) is 11.2 Å². The molecule has 1 aromatic rings. The SMILES string of the molecule is CC1=C(/C=C/C(C)=C(\F)c2ccc(C(=O)O)cc2F)C(C)(C)CCC1. The van der Waals surface area contributed by atoms with Crippen molar-refractivity contribution in [1.82, 2.24) is 0 Å². The summed E-state index contributed by atoms with van der Waals surface area (Å²) < 4.78 is 28.6. The molecule has 0 bridgehead atoms. The number of aromatic carboxylic acids is 1. The fraction of sp³-hybridized carbons (Fsp3) is 0.381. The summed E-state index contributed by atoms with van der Waals surface area (Å²) in [5, 5.41) is 8.86. The maximum atomic E-state index is 14.6. The molecule has 1 aliphatic carbocycles. The van der Waals surface area contributed by atoms with E-state index in [0.29, 0.717) is 5.57 Å². The third-order valence-electron chi connectivity index (χ3n) is 4.84. The topological polar surface area (TPSA) is 37.3 Å². The molecule has 0 atom stereocenters. The zero-order valence-electron chi connectivity index (χ0n) is 15.1. The Morgan fingerprint density at radius 3 is 2.56 bits per heavy atom. The molecule has 2 nitrogen and oxygen atoms in total. The number of carboxylic acid groups (broad SMARTS) is 1. The standard InChI is InChI=1S/C21H24F2O2/c1-13-6-5-11-21(3,4)17(13)10-7-14(2)19(23)16-9-8-15(20(24)25)12-18(16)22/h7-10,12H,5-6,11H2,1-4H3,(H,24,25)/b10-7+,19-14-. The summed E-state index contributed by atoms with van der Waals surface area (Å²) in [6.45, 7) is 8.03. The lowest BCUT2D eigenvalue weighted by Crippen LogP contribution is -2.19. The summed E-state index contributed by atoms with van der Waals surface area (Å²) in [6, 6.07) is 3.21. The number of carbonyl (C=O) groups is 1. The van der Waals surface area contributed by atoms with Crippen LogP contribution in [0.4, 0.5) is 8.78 Å². The molecule has 0 saturated carbocycles. The quantitative estimate of drug-likeness (QED) is 0.649. The van der Waals surface area contributed by atoms with E-state index in [1.54, 1.807) is 13.0 Å². The molecule has 1 aromatic carbocycles. The molecular weight excluding hydrogens is 322 g/mol. The van der Waals surface area contributed by atoms with Gasteiger partial charge in [-0.05, 0) is 67.9 Å². The predicted molar refractivity (Wildman–Crippen MR) is 96.5 cm³/mol. The van der Waals surface area contributed by atoms with Crippen molar-refractivity contribution in [1.29, 1.82) is 0 Å². The molecule has 0 amide bonds. The van der Waals surface area contributed by atoms with Crippen LogP contribution < -0.4 is 0 Å². The fourth-order valence-corrected chi connectivity index (χ4v) is 3.33. The van der Waals surface area contributed by atoms with Gasteiger partial charge in [0.25, 0.3) is 0 Å². The Morgan fingerprint density at radius 2 is 2.00 bits per heavy atom. The number of halogens is 2. The first-order chi connectivity index (χ1) is 11.6. The highest BCUT2D eigenvalue weighted by Crippen LogP contribution is 2.41. The van der Waals surface area contributed by atoms with Gasteiger partial charge in [-0.25, -0.2) is 13.6 Å². The Labute approximate surface area is 147 Å². The molecule has 1 N–H and O–H groups in total. The highest BCUT2D eigenvalue weighted by molar-refractivity contribution is 5.88. The first-order valence-corrected chi connectivity index (χ1v) is 8.41. The minimum Gasteiger partial charge on any atom is -0.478 e. The molecule has 4 heteroatoms. The van der Waals surface area contributed by atoms with Crippen LogP contribution >= 0.6 is 0 Å². The van der Waals surface area contributed by atoms with E-state index in [1.165, 1.54) is 23.3 Å². The maximum Gasteiger partial charge on any atom is 0.335 e. The number of carboxylic acids is 1. The van der Waals surface area contributed by atoms with Crippen LogP contribution in [0.25, 0.3) is 5.83 Å². The monoisotopic (exact) mass is 346 g/mol. The van der Waals surface area contributed by atoms with E-state index in [-0.39, 0.29) is 16.5 Å². The van der Waals surface area contributed by atoms with Gasteiger partial charge in [-0.2, -0.15) is 0 Å². The molecule has 0 fully saturated rings. The summed E-state index contributed by atoms with van der Waals surface area (Å²) in [4.78, 5) is 10.8. The van der Waals surface area contributed by atoms with E-state index in [9.17, 15) is 13.6 Å². The van der Waals surface area contributed by atoms with Crippen molar-refractivity contribution in [3.05, 3.63) is 64.0 Å². The van der Waals surface area contributed by atoms with Gasteiger partial charge in [0.15, 0.2) is 0 Å². The second kappa shape index (κ2) is 7.34. The zero-order chi connectivity index (χ0) is 18.8. The number of allylic oxidation sites excluding steroid dienone is 5. The van der Waals surface area contributed by atoms with Crippen molar-refractivity contribution < 1.29 is 18.7 Å². The summed E-state index contributed by atoms with van der Waals surface area (Å²) in [5.41, 5.74) is 2.44. The Morgan fingerprint density at radius 1 is 1.32 bits per heavy atom. The number of hydrogen-bond acceptors (Lipinski definition) is 1. The average molecular weight is 346 g/mol. The third kappa shape index (κ3) is 4.25. The molecule has 1 aliphatic rings. The van der Waals surface area contributed by atoms with Gasteiger partial charge in [-0.15, -0.1) is 0 Å². The lowest BCUT2D eigenvalue weighted by atomic mass is 9.72. The summed E-state index contributed by atoms with van der Waals surface area (Å²) in [5.74, 6) is -2.80.